The van der Waals surface area contributed by atoms with Gasteiger partial charge in [0.1, 0.15) is 0 Å². The van der Waals surface area contributed by atoms with Crippen molar-refractivity contribution in [2.45, 2.75) is 32.6 Å². The monoisotopic (exact) mass is 264 g/mol. The van der Waals surface area contributed by atoms with Crippen molar-refractivity contribution in [1.29, 1.82) is 0 Å². The molecule has 0 saturated heterocycles. The van der Waals surface area contributed by atoms with Crippen molar-refractivity contribution in [2.24, 2.45) is 5.41 Å². The van der Waals surface area contributed by atoms with Crippen LogP contribution in [0.3, 0.4) is 0 Å². The Morgan fingerprint density at radius 1 is 1.21 bits per heavy atom. The molecule has 1 aromatic rings. The highest BCUT2D eigenvalue weighted by atomic mass is 16.5. The van der Waals surface area contributed by atoms with E-state index in [-0.39, 0.29) is 0 Å². The number of benzene rings is 1. The fourth-order valence-electron chi connectivity index (χ4n) is 2.66. The van der Waals surface area contributed by atoms with Crippen LogP contribution >= 0.6 is 0 Å². The zero-order chi connectivity index (χ0) is 13.9. The summed E-state index contributed by atoms with van der Waals surface area (Å²) >= 11 is 0. The van der Waals surface area contributed by atoms with Crippen LogP contribution in [0.25, 0.3) is 0 Å². The molecule has 3 N–H and O–H groups in total. The van der Waals surface area contributed by atoms with Gasteiger partial charge in [0.2, 0.25) is 0 Å². The van der Waals surface area contributed by atoms with Crippen molar-refractivity contribution < 1.29 is 9.47 Å². The van der Waals surface area contributed by atoms with Gasteiger partial charge in [0.05, 0.1) is 25.6 Å². The van der Waals surface area contributed by atoms with Gasteiger partial charge in [-0.3, -0.25) is 0 Å². The molecule has 1 aliphatic rings. The molecule has 4 nitrogen and oxygen atoms in total. The minimum absolute atomic E-state index is 0.458. The first-order chi connectivity index (χ1) is 9.14. The molecule has 0 aliphatic heterocycles. The fraction of sp³-hybridized carbons (Fsp3) is 0.600. The van der Waals surface area contributed by atoms with Crippen LogP contribution in [0.2, 0.25) is 0 Å². The molecule has 4 heteroatoms. The summed E-state index contributed by atoms with van der Waals surface area (Å²) < 4.78 is 10.5. The van der Waals surface area contributed by atoms with E-state index in [4.69, 9.17) is 15.2 Å². The number of anilines is 2. The maximum Gasteiger partial charge on any atom is 0.162 e. The van der Waals surface area contributed by atoms with Crippen molar-refractivity contribution >= 4 is 11.4 Å². The fourth-order valence-corrected chi connectivity index (χ4v) is 2.66. The van der Waals surface area contributed by atoms with Crippen molar-refractivity contribution in [3.8, 4) is 11.5 Å². The molecule has 19 heavy (non-hydrogen) atoms. The van der Waals surface area contributed by atoms with Gasteiger partial charge >= 0.3 is 0 Å². The molecule has 1 aliphatic carbocycles. The zero-order valence-electron chi connectivity index (χ0n) is 12.1. The quantitative estimate of drug-likeness (QED) is 0.774. The number of nitrogens with one attached hydrogen (secondary N) is 1. The van der Waals surface area contributed by atoms with Gasteiger partial charge in [0, 0.05) is 18.7 Å². The lowest BCUT2D eigenvalue weighted by atomic mass is 9.67. The first-order valence-corrected chi connectivity index (χ1v) is 6.89. The lowest BCUT2D eigenvalue weighted by Gasteiger charge is -2.41. The van der Waals surface area contributed by atoms with Crippen LogP contribution in [-0.4, -0.2) is 20.8 Å². The third-order valence-corrected chi connectivity index (χ3v) is 4.37. The van der Waals surface area contributed by atoms with Gasteiger partial charge in [-0.05, 0) is 24.7 Å². The van der Waals surface area contributed by atoms with E-state index in [1.807, 2.05) is 6.07 Å². The largest absolute Gasteiger partial charge is 0.493 e. The molecule has 0 atom stereocenters. The summed E-state index contributed by atoms with van der Waals surface area (Å²) in [6, 6.07) is 3.72. The van der Waals surface area contributed by atoms with E-state index >= 15 is 0 Å². The van der Waals surface area contributed by atoms with Crippen LogP contribution in [0.4, 0.5) is 11.4 Å². The summed E-state index contributed by atoms with van der Waals surface area (Å²) in [7, 11) is 3.25. The molecule has 0 unspecified atom stereocenters. The predicted molar refractivity (Wildman–Crippen MR) is 79.0 cm³/mol. The van der Waals surface area contributed by atoms with Crippen molar-refractivity contribution in [2.75, 3.05) is 31.8 Å². The van der Waals surface area contributed by atoms with Gasteiger partial charge in [0.25, 0.3) is 0 Å². The Balaban J connectivity index is 2.11. The average Bonchev–Trinajstić information content (AvgIpc) is 2.39. The van der Waals surface area contributed by atoms with E-state index in [2.05, 4.69) is 12.2 Å². The summed E-state index contributed by atoms with van der Waals surface area (Å²) in [5.41, 5.74) is 8.14. The minimum atomic E-state index is 0.458. The van der Waals surface area contributed by atoms with Crippen LogP contribution in [0.5, 0.6) is 11.5 Å². The van der Waals surface area contributed by atoms with Gasteiger partial charge < -0.3 is 20.5 Å². The number of nitrogens with two attached hydrogens (primary N) is 1. The maximum absolute atomic E-state index is 6.05. The van der Waals surface area contributed by atoms with Gasteiger partial charge in [-0.1, -0.05) is 13.3 Å². The zero-order valence-corrected chi connectivity index (χ0v) is 12.1. The Morgan fingerprint density at radius 3 is 2.32 bits per heavy atom. The van der Waals surface area contributed by atoms with Crippen LogP contribution in [0, 0.1) is 5.41 Å². The number of nitrogen functional groups attached to an aromatic ring is 1. The second kappa shape index (κ2) is 5.59. The van der Waals surface area contributed by atoms with Gasteiger partial charge in [0.15, 0.2) is 11.5 Å². The second-order valence-corrected chi connectivity index (χ2v) is 5.36. The summed E-state index contributed by atoms with van der Waals surface area (Å²) in [6.07, 6.45) is 5.18. The molecule has 0 amide bonds. The minimum Gasteiger partial charge on any atom is -0.493 e. The normalized spacial score (nSPS) is 16.6. The van der Waals surface area contributed by atoms with E-state index in [0.717, 1.165) is 12.2 Å². The van der Waals surface area contributed by atoms with Crippen LogP contribution in [0.15, 0.2) is 12.1 Å². The van der Waals surface area contributed by atoms with Gasteiger partial charge in [-0.2, -0.15) is 0 Å². The van der Waals surface area contributed by atoms with Gasteiger partial charge in [-0.15, -0.1) is 0 Å². The molecule has 0 heterocycles. The summed E-state index contributed by atoms with van der Waals surface area (Å²) in [5, 5.41) is 3.47. The summed E-state index contributed by atoms with van der Waals surface area (Å²) in [5.74, 6) is 1.37. The maximum atomic E-state index is 6.05. The molecule has 2 rings (SSSR count). The molecule has 0 aromatic heterocycles. The number of hydrogen-bond donors (Lipinski definition) is 2. The summed E-state index contributed by atoms with van der Waals surface area (Å²) in [4.78, 5) is 0. The standard InChI is InChI=1S/C15H24N2O2/c1-4-15(6-5-7-15)10-17-12-9-14(19-3)13(18-2)8-11(12)16/h8-9,17H,4-7,10,16H2,1-3H3. The van der Waals surface area contributed by atoms with Crippen molar-refractivity contribution in [3.05, 3.63) is 12.1 Å². The summed E-state index contributed by atoms with van der Waals surface area (Å²) in [6.45, 7) is 3.24. The highest BCUT2D eigenvalue weighted by Crippen LogP contribution is 2.44. The van der Waals surface area contributed by atoms with Gasteiger partial charge in [-0.25, -0.2) is 0 Å². The van der Waals surface area contributed by atoms with Crippen molar-refractivity contribution in [1.82, 2.24) is 0 Å². The highest BCUT2D eigenvalue weighted by molar-refractivity contribution is 5.72. The topological polar surface area (TPSA) is 56.5 Å². The first-order valence-electron chi connectivity index (χ1n) is 6.89. The molecular weight excluding hydrogens is 240 g/mol. The highest BCUT2D eigenvalue weighted by Gasteiger charge is 2.34. The third kappa shape index (κ3) is 2.72. The van der Waals surface area contributed by atoms with Crippen LogP contribution in [0.1, 0.15) is 32.6 Å². The molecule has 0 bridgehead atoms. The van der Waals surface area contributed by atoms with E-state index in [1.165, 1.54) is 25.7 Å². The predicted octanol–water partition coefficient (Wildman–Crippen LogP) is 3.28. The van der Waals surface area contributed by atoms with E-state index in [0.29, 0.717) is 22.6 Å². The second-order valence-electron chi connectivity index (χ2n) is 5.36. The van der Waals surface area contributed by atoms with E-state index < -0.39 is 0 Å². The Morgan fingerprint density at radius 2 is 1.84 bits per heavy atom. The van der Waals surface area contributed by atoms with Crippen LogP contribution in [-0.2, 0) is 0 Å². The van der Waals surface area contributed by atoms with Crippen LogP contribution < -0.4 is 20.5 Å². The Labute approximate surface area is 115 Å². The van der Waals surface area contributed by atoms with E-state index in [9.17, 15) is 0 Å². The molecule has 0 spiro atoms. The molecule has 106 valence electrons. The lowest BCUT2D eigenvalue weighted by molar-refractivity contribution is 0.145. The smallest absolute Gasteiger partial charge is 0.162 e. The first kappa shape index (κ1) is 13.8. The molecular formula is C15H24N2O2. The molecule has 0 radical (unpaired) electrons. The molecule has 1 fully saturated rings. The Hall–Kier alpha value is -1.58. The molecule has 1 saturated carbocycles. The Bertz CT molecular complexity index is 437. The number of methoxy groups -OCH3 is 2. The number of ether oxygens (including phenoxy) is 2. The SMILES string of the molecule is CCC1(CNc2cc(OC)c(OC)cc2N)CCC1. The average molecular weight is 264 g/mol. The van der Waals surface area contributed by atoms with E-state index in [1.54, 1.807) is 20.3 Å². The number of rotatable bonds is 6. The van der Waals surface area contributed by atoms with Crippen molar-refractivity contribution in [3.63, 3.8) is 0 Å². The third-order valence-electron chi connectivity index (χ3n) is 4.37. The lowest BCUT2D eigenvalue weighted by Crippen LogP contribution is -2.35. The number of hydrogen-bond acceptors (Lipinski definition) is 4. The Kier molecular flexibility index (Phi) is 4.08. The molecule has 1 aromatic carbocycles.